The second-order valence-corrected chi connectivity index (χ2v) is 3.18. The SMILES string of the molecule is COc1ccc(CC(=O)SC)nn1. The number of rotatable bonds is 3. The van der Waals surface area contributed by atoms with E-state index in [1.54, 1.807) is 18.4 Å². The molecule has 0 aliphatic carbocycles. The van der Waals surface area contributed by atoms with Crippen LogP contribution in [0.2, 0.25) is 0 Å². The van der Waals surface area contributed by atoms with Gasteiger partial charge in [-0.3, -0.25) is 4.79 Å². The van der Waals surface area contributed by atoms with Gasteiger partial charge in [0.25, 0.3) is 0 Å². The number of hydrogen-bond acceptors (Lipinski definition) is 5. The van der Waals surface area contributed by atoms with Crippen LogP contribution in [0, 0.1) is 0 Å². The maximum Gasteiger partial charge on any atom is 0.233 e. The highest BCUT2D eigenvalue weighted by atomic mass is 32.2. The number of thioether (sulfide) groups is 1. The normalized spacial score (nSPS) is 9.69. The summed E-state index contributed by atoms with van der Waals surface area (Å²) in [5.74, 6) is 0.459. The number of aromatic nitrogens is 2. The monoisotopic (exact) mass is 198 g/mol. The molecule has 0 unspecified atom stereocenters. The van der Waals surface area contributed by atoms with Crippen LogP contribution in [0.5, 0.6) is 5.88 Å². The zero-order valence-electron chi connectivity index (χ0n) is 7.48. The van der Waals surface area contributed by atoms with Crippen molar-refractivity contribution in [1.82, 2.24) is 10.2 Å². The van der Waals surface area contributed by atoms with Crippen LogP contribution in [0.3, 0.4) is 0 Å². The van der Waals surface area contributed by atoms with Gasteiger partial charge >= 0.3 is 0 Å². The van der Waals surface area contributed by atoms with Crippen molar-refractivity contribution in [1.29, 1.82) is 0 Å². The Kier molecular flexibility index (Phi) is 3.70. The molecule has 0 N–H and O–H groups in total. The molecule has 70 valence electrons. The highest BCUT2D eigenvalue weighted by molar-refractivity contribution is 8.13. The summed E-state index contributed by atoms with van der Waals surface area (Å²) < 4.78 is 4.84. The molecule has 1 rings (SSSR count). The first kappa shape index (κ1) is 9.98. The Morgan fingerprint density at radius 3 is 2.77 bits per heavy atom. The van der Waals surface area contributed by atoms with E-state index in [1.165, 1.54) is 18.9 Å². The lowest BCUT2D eigenvalue weighted by molar-refractivity contribution is -0.110. The first-order chi connectivity index (χ1) is 6.26. The van der Waals surface area contributed by atoms with Crippen LogP contribution in [0.4, 0.5) is 0 Å². The molecule has 0 radical (unpaired) electrons. The number of carbonyl (C=O) groups excluding carboxylic acids is 1. The fraction of sp³-hybridized carbons (Fsp3) is 0.375. The van der Waals surface area contributed by atoms with Gasteiger partial charge in [0.1, 0.15) is 0 Å². The van der Waals surface area contributed by atoms with Crippen LogP contribution in [0.1, 0.15) is 5.69 Å². The van der Waals surface area contributed by atoms with Crippen molar-refractivity contribution in [3.8, 4) is 5.88 Å². The topological polar surface area (TPSA) is 52.1 Å². The lowest BCUT2D eigenvalue weighted by Crippen LogP contribution is -2.01. The minimum atomic E-state index is 0.0828. The summed E-state index contributed by atoms with van der Waals surface area (Å²) in [7, 11) is 1.52. The molecule has 0 amide bonds. The van der Waals surface area contributed by atoms with Gasteiger partial charge in [0.15, 0.2) is 5.12 Å². The number of ether oxygens (including phenoxy) is 1. The quantitative estimate of drug-likeness (QED) is 0.722. The second kappa shape index (κ2) is 4.81. The molecule has 1 aromatic heterocycles. The molecule has 0 bridgehead atoms. The van der Waals surface area contributed by atoms with Crippen LogP contribution >= 0.6 is 11.8 Å². The second-order valence-electron chi connectivity index (χ2n) is 2.32. The number of nitrogens with zero attached hydrogens (tertiary/aromatic N) is 2. The largest absolute Gasteiger partial charge is 0.480 e. The third-order valence-corrected chi connectivity index (χ3v) is 2.06. The molecule has 0 saturated heterocycles. The van der Waals surface area contributed by atoms with Gasteiger partial charge in [-0.2, -0.15) is 5.10 Å². The molecule has 13 heavy (non-hydrogen) atoms. The van der Waals surface area contributed by atoms with Crippen LogP contribution in [-0.4, -0.2) is 28.7 Å². The first-order valence-electron chi connectivity index (χ1n) is 3.69. The minimum Gasteiger partial charge on any atom is -0.480 e. The molecule has 4 nitrogen and oxygen atoms in total. The Balaban J connectivity index is 2.64. The lowest BCUT2D eigenvalue weighted by atomic mass is 10.3. The number of carbonyl (C=O) groups is 1. The average molecular weight is 198 g/mol. The maximum absolute atomic E-state index is 11.0. The Labute approximate surface area is 80.7 Å². The highest BCUT2D eigenvalue weighted by Crippen LogP contribution is 2.06. The van der Waals surface area contributed by atoms with Crippen molar-refractivity contribution in [3.63, 3.8) is 0 Å². The third-order valence-electron chi connectivity index (χ3n) is 1.46. The minimum absolute atomic E-state index is 0.0828. The summed E-state index contributed by atoms with van der Waals surface area (Å²) in [5, 5.41) is 7.66. The van der Waals surface area contributed by atoms with E-state index in [0.29, 0.717) is 18.0 Å². The first-order valence-corrected chi connectivity index (χ1v) is 4.92. The van der Waals surface area contributed by atoms with E-state index in [-0.39, 0.29) is 5.12 Å². The van der Waals surface area contributed by atoms with Gasteiger partial charge in [-0.15, -0.1) is 5.10 Å². The fourth-order valence-corrected chi connectivity index (χ4v) is 1.06. The van der Waals surface area contributed by atoms with E-state index in [2.05, 4.69) is 10.2 Å². The standard InChI is InChI=1S/C8H10N2O2S/c1-12-7-4-3-6(9-10-7)5-8(11)13-2/h3-4H,5H2,1-2H3. The van der Waals surface area contributed by atoms with Crippen molar-refractivity contribution < 1.29 is 9.53 Å². The van der Waals surface area contributed by atoms with E-state index in [9.17, 15) is 4.79 Å². The summed E-state index contributed by atoms with van der Waals surface area (Å²) in [6, 6.07) is 3.43. The van der Waals surface area contributed by atoms with Crippen LogP contribution in [0.15, 0.2) is 12.1 Å². The van der Waals surface area contributed by atoms with Gasteiger partial charge in [0.05, 0.1) is 19.2 Å². The summed E-state index contributed by atoms with van der Waals surface area (Å²) in [4.78, 5) is 11.0. The Morgan fingerprint density at radius 1 is 1.54 bits per heavy atom. The molecule has 0 saturated carbocycles. The molecule has 0 aromatic carbocycles. The fourth-order valence-electron chi connectivity index (χ4n) is 0.771. The van der Waals surface area contributed by atoms with Gasteiger partial charge in [0, 0.05) is 6.07 Å². The van der Waals surface area contributed by atoms with Gasteiger partial charge < -0.3 is 4.74 Å². The van der Waals surface area contributed by atoms with Crippen molar-refractivity contribution in [2.24, 2.45) is 0 Å². The molecule has 1 heterocycles. The Bertz CT molecular complexity index is 287. The predicted molar refractivity (Wildman–Crippen MR) is 50.8 cm³/mol. The van der Waals surface area contributed by atoms with Crippen molar-refractivity contribution >= 4 is 16.9 Å². The van der Waals surface area contributed by atoms with Crippen molar-refractivity contribution in [3.05, 3.63) is 17.8 Å². The predicted octanol–water partition coefficient (Wildman–Crippen LogP) is 0.917. The van der Waals surface area contributed by atoms with Gasteiger partial charge in [-0.05, 0) is 12.3 Å². The molecule has 0 fully saturated rings. The van der Waals surface area contributed by atoms with E-state index in [4.69, 9.17) is 4.74 Å². The molecule has 0 aliphatic rings. The van der Waals surface area contributed by atoms with Crippen LogP contribution in [-0.2, 0) is 11.2 Å². The maximum atomic E-state index is 11.0. The van der Waals surface area contributed by atoms with Crippen molar-refractivity contribution in [2.75, 3.05) is 13.4 Å². The zero-order chi connectivity index (χ0) is 9.68. The Hall–Kier alpha value is -1.10. The van der Waals surface area contributed by atoms with E-state index in [0.717, 1.165) is 0 Å². The molecule has 0 atom stereocenters. The molecule has 0 aliphatic heterocycles. The molecular weight excluding hydrogens is 188 g/mol. The zero-order valence-corrected chi connectivity index (χ0v) is 8.30. The van der Waals surface area contributed by atoms with Crippen LogP contribution in [0.25, 0.3) is 0 Å². The van der Waals surface area contributed by atoms with Crippen LogP contribution < -0.4 is 4.74 Å². The summed E-state index contributed by atoms with van der Waals surface area (Å²) >= 11 is 1.19. The third kappa shape index (κ3) is 3.02. The smallest absolute Gasteiger partial charge is 0.233 e. The summed E-state index contributed by atoms with van der Waals surface area (Å²) in [6.45, 7) is 0. The Morgan fingerprint density at radius 2 is 2.31 bits per heavy atom. The average Bonchev–Trinajstić information content (AvgIpc) is 2.19. The van der Waals surface area contributed by atoms with E-state index in [1.807, 2.05) is 0 Å². The highest BCUT2D eigenvalue weighted by Gasteiger charge is 2.03. The number of hydrogen-bond donors (Lipinski definition) is 0. The molecule has 1 aromatic rings. The van der Waals surface area contributed by atoms with E-state index >= 15 is 0 Å². The molecule has 0 spiro atoms. The van der Waals surface area contributed by atoms with Gasteiger partial charge in [0.2, 0.25) is 5.88 Å². The van der Waals surface area contributed by atoms with Gasteiger partial charge in [-0.1, -0.05) is 11.8 Å². The molecular formula is C8H10N2O2S. The van der Waals surface area contributed by atoms with Gasteiger partial charge in [-0.25, -0.2) is 0 Å². The lowest BCUT2D eigenvalue weighted by Gasteiger charge is -1.98. The summed E-state index contributed by atoms with van der Waals surface area (Å²) in [5.41, 5.74) is 0.667. The van der Waals surface area contributed by atoms with E-state index < -0.39 is 0 Å². The molecule has 5 heteroatoms. The van der Waals surface area contributed by atoms with Crippen molar-refractivity contribution in [2.45, 2.75) is 6.42 Å². The summed E-state index contributed by atoms with van der Waals surface area (Å²) in [6.07, 6.45) is 2.07. The number of methoxy groups -OCH3 is 1.